The first-order valence-corrected chi connectivity index (χ1v) is 16.6. The Labute approximate surface area is 228 Å². The van der Waals surface area contributed by atoms with Crippen molar-refractivity contribution in [2.24, 2.45) is 0 Å². The minimum Gasteiger partial charge on any atom is -0.339 e. The van der Waals surface area contributed by atoms with Gasteiger partial charge in [-0.1, -0.05) is 23.1 Å². The molecule has 0 amide bonds. The highest BCUT2D eigenvalue weighted by Gasteiger charge is 2.21. The van der Waals surface area contributed by atoms with E-state index in [2.05, 4.69) is 74.0 Å². The number of hydrogen-bond acceptors (Lipinski definition) is 7. The van der Waals surface area contributed by atoms with Crippen LogP contribution < -0.4 is 19.3 Å². The Hall–Kier alpha value is -1.39. The Morgan fingerprint density at radius 1 is 1.00 bits per heavy atom. The number of allylic oxidation sites excluding steroid dienone is 3. The van der Waals surface area contributed by atoms with E-state index in [9.17, 15) is 4.79 Å². The number of benzene rings is 1. The zero-order chi connectivity index (χ0) is 25.3. The molecule has 0 saturated carbocycles. The predicted molar refractivity (Wildman–Crippen MR) is 159 cm³/mol. The molecule has 0 unspecified atom stereocenters. The van der Waals surface area contributed by atoms with E-state index in [1.165, 1.54) is 40.6 Å². The molecule has 1 aliphatic rings. The highest BCUT2D eigenvalue weighted by Crippen LogP contribution is 2.40. The normalized spacial score (nSPS) is 16.7. The molecule has 0 fully saturated rings. The van der Waals surface area contributed by atoms with E-state index in [0.29, 0.717) is 6.54 Å². The molecule has 0 aliphatic carbocycles. The highest BCUT2D eigenvalue weighted by atomic mass is 32.2. The summed E-state index contributed by atoms with van der Waals surface area (Å²) >= 11 is 8.76. The van der Waals surface area contributed by atoms with Crippen molar-refractivity contribution in [3.8, 4) is 0 Å². The molecular weight excluding hydrogens is 531 g/mol. The van der Waals surface area contributed by atoms with Crippen molar-refractivity contribution in [2.45, 2.75) is 57.5 Å². The molecule has 4 rings (SSSR count). The molecule has 4 nitrogen and oxygen atoms in total. The third kappa shape index (κ3) is 5.07. The number of thioether (sulfide) groups is 3. The van der Waals surface area contributed by atoms with E-state index in [4.69, 9.17) is 0 Å². The molecule has 0 N–H and O–H groups in total. The van der Waals surface area contributed by atoms with Gasteiger partial charge in [-0.3, -0.25) is 9.36 Å². The molecule has 2 aromatic heterocycles. The third-order valence-electron chi connectivity index (χ3n) is 6.18. The molecule has 3 heterocycles. The minimum atomic E-state index is 0.0894. The molecule has 0 atom stereocenters. The maximum Gasteiger partial charge on any atom is 0.269 e. The average molecular weight is 563 g/mol. The largest absolute Gasteiger partial charge is 0.339 e. The van der Waals surface area contributed by atoms with E-state index in [-0.39, 0.29) is 5.56 Å². The number of hydrogen-bond donors (Lipinski definition) is 0. The van der Waals surface area contributed by atoms with Crippen LogP contribution in [0, 0.1) is 0 Å². The Balaban J connectivity index is 1.84. The van der Waals surface area contributed by atoms with Gasteiger partial charge in [-0.2, -0.15) is 4.57 Å². The van der Waals surface area contributed by atoms with Gasteiger partial charge in [0.25, 0.3) is 10.6 Å². The molecule has 0 bridgehead atoms. The van der Waals surface area contributed by atoms with Crippen molar-refractivity contribution in [3.63, 3.8) is 0 Å². The second-order valence-electron chi connectivity index (χ2n) is 8.02. The summed E-state index contributed by atoms with van der Waals surface area (Å²) in [7, 11) is 0. The van der Waals surface area contributed by atoms with Gasteiger partial charge in [0.15, 0.2) is 0 Å². The Bertz CT molecular complexity index is 1510. The SMILES string of the molecule is CCN1C(C)=C(C)S/C1=C\C=c1\sc(=Cc2sc3cc(SC)c(SC)cc3[n+]2CC)n(CC)c1=O. The third-order valence-corrected chi connectivity index (χ3v) is 11.2. The topological polar surface area (TPSA) is 29.1 Å². The van der Waals surface area contributed by atoms with Crippen LogP contribution in [-0.2, 0) is 13.1 Å². The van der Waals surface area contributed by atoms with Crippen LogP contribution in [0.3, 0.4) is 0 Å². The fourth-order valence-corrected chi connectivity index (χ4v) is 9.18. The highest BCUT2D eigenvalue weighted by molar-refractivity contribution is 8.06. The molecule has 186 valence electrons. The summed E-state index contributed by atoms with van der Waals surface area (Å²) in [6.45, 7) is 13.2. The molecule has 1 aliphatic heterocycles. The van der Waals surface area contributed by atoms with E-state index in [0.717, 1.165) is 22.3 Å². The van der Waals surface area contributed by atoms with Gasteiger partial charge in [0.2, 0.25) is 5.52 Å². The summed E-state index contributed by atoms with van der Waals surface area (Å²) in [5.74, 6) is 0. The maximum absolute atomic E-state index is 13.2. The van der Waals surface area contributed by atoms with Crippen molar-refractivity contribution in [1.82, 2.24) is 9.47 Å². The van der Waals surface area contributed by atoms with Crippen molar-refractivity contribution in [1.29, 1.82) is 0 Å². The summed E-state index contributed by atoms with van der Waals surface area (Å²) in [4.78, 5) is 19.5. The zero-order valence-corrected chi connectivity index (χ0v) is 25.4. The molecule has 9 heteroatoms. The minimum absolute atomic E-state index is 0.0894. The first kappa shape index (κ1) is 26.7. The quantitative estimate of drug-likeness (QED) is 0.274. The molecule has 0 radical (unpaired) electrons. The number of nitrogens with zero attached hydrogens (tertiary/aromatic N) is 3. The van der Waals surface area contributed by atoms with E-state index in [1.807, 2.05) is 17.6 Å². The number of rotatable bonds is 7. The second-order valence-corrected chi connectivity index (χ2v) is 13.1. The number of thiazole rings is 2. The van der Waals surface area contributed by atoms with Crippen molar-refractivity contribution >= 4 is 80.3 Å². The van der Waals surface area contributed by atoms with Crippen LogP contribution >= 0.6 is 58.0 Å². The summed E-state index contributed by atoms with van der Waals surface area (Å²) in [6, 6.07) is 4.62. The van der Waals surface area contributed by atoms with Crippen molar-refractivity contribution in [3.05, 3.63) is 58.4 Å². The maximum atomic E-state index is 13.2. The zero-order valence-electron chi connectivity index (χ0n) is 21.3. The number of fused-ring (bicyclic) bond motifs is 1. The van der Waals surface area contributed by atoms with Crippen molar-refractivity contribution in [2.75, 3.05) is 19.1 Å². The fraction of sp³-hybridized carbons (Fsp3) is 0.385. The Kier molecular flexibility index (Phi) is 8.64. The van der Waals surface area contributed by atoms with E-state index < -0.39 is 0 Å². The molecule has 1 aromatic carbocycles. The Morgan fingerprint density at radius 3 is 2.34 bits per heavy atom. The van der Waals surface area contributed by atoms with Gasteiger partial charge < -0.3 is 4.90 Å². The van der Waals surface area contributed by atoms with Crippen LogP contribution in [0.4, 0.5) is 0 Å². The van der Waals surface area contributed by atoms with Crippen molar-refractivity contribution < 1.29 is 4.57 Å². The summed E-state index contributed by atoms with van der Waals surface area (Å²) < 4.78 is 7.33. The molecule has 35 heavy (non-hydrogen) atoms. The number of aryl methyl sites for hydroxylation is 1. The predicted octanol–water partition coefficient (Wildman–Crippen LogP) is 5.67. The lowest BCUT2D eigenvalue weighted by atomic mass is 10.3. The van der Waals surface area contributed by atoms with Gasteiger partial charge in [-0.05, 0) is 65.3 Å². The summed E-state index contributed by atoms with van der Waals surface area (Å²) in [5, 5.41) is 2.37. The lowest BCUT2D eigenvalue weighted by Gasteiger charge is -2.18. The van der Waals surface area contributed by atoms with Crippen LogP contribution in [0.25, 0.3) is 22.4 Å². The van der Waals surface area contributed by atoms with Crippen LogP contribution in [0.15, 0.2) is 48.4 Å². The van der Waals surface area contributed by atoms with Crippen LogP contribution in [0.1, 0.15) is 39.6 Å². The lowest BCUT2D eigenvalue weighted by molar-refractivity contribution is -0.665. The van der Waals surface area contributed by atoms with Gasteiger partial charge >= 0.3 is 0 Å². The monoisotopic (exact) mass is 562 g/mol. The van der Waals surface area contributed by atoms with Crippen LogP contribution in [0.2, 0.25) is 0 Å². The molecule has 0 saturated heterocycles. The molecular formula is C26H32N3OS5+. The molecule has 3 aromatic rings. The fourth-order valence-electron chi connectivity index (χ4n) is 4.23. The summed E-state index contributed by atoms with van der Waals surface area (Å²) in [5.41, 5.74) is 2.65. The van der Waals surface area contributed by atoms with Gasteiger partial charge in [-0.25, -0.2) is 0 Å². The average Bonchev–Trinajstić information content (AvgIpc) is 3.45. The van der Waals surface area contributed by atoms with Gasteiger partial charge in [0.05, 0.1) is 15.6 Å². The summed E-state index contributed by atoms with van der Waals surface area (Å²) in [6.07, 6.45) is 10.6. The standard InChI is InChI=1S/C26H32N3OS5/c1-8-27-16(4)17(5)33-23(27)12-11-19-26(30)29(10-3)25(34-19)15-24-28(9-2)18-13-21(31-6)22(32-7)14-20(18)35-24/h11-15H,8-10H2,1-7H3/q+1/b19-11+,23-12-. The van der Waals surface area contributed by atoms with Crippen LogP contribution in [0.5, 0.6) is 0 Å². The van der Waals surface area contributed by atoms with Gasteiger partial charge in [0, 0.05) is 39.5 Å². The lowest BCUT2D eigenvalue weighted by Crippen LogP contribution is -2.35. The second kappa shape index (κ2) is 11.3. The smallest absolute Gasteiger partial charge is 0.269 e. The first-order valence-electron chi connectivity index (χ1n) is 11.7. The Morgan fingerprint density at radius 2 is 1.71 bits per heavy atom. The molecule has 0 spiro atoms. The van der Waals surface area contributed by atoms with Crippen LogP contribution in [-0.4, -0.2) is 28.5 Å². The number of aromatic nitrogens is 2. The van der Waals surface area contributed by atoms with Gasteiger partial charge in [-0.15, -0.1) is 34.9 Å². The van der Waals surface area contributed by atoms with E-state index in [1.54, 1.807) is 58.0 Å². The van der Waals surface area contributed by atoms with Gasteiger partial charge in [0.1, 0.15) is 15.9 Å². The first-order chi connectivity index (χ1) is 16.9. The van der Waals surface area contributed by atoms with E-state index >= 15 is 0 Å².